The van der Waals surface area contributed by atoms with Crippen molar-refractivity contribution in [3.63, 3.8) is 0 Å². The van der Waals surface area contributed by atoms with Gasteiger partial charge in [-0.2, -0.15) is 0 Å². The van der Waals surface area contributed by atoms with Gasteiger partial charge in [0.1, 0.15) is 66.6 Å². The van der Waals surface area contributed by atoms with Gasteiger partial charge in [0.25, 0.3) is 0 Å². The fraction of sp³-hybridized carbons (Fsp3) is 1.00. The van der Waals surface area contributed by atoms with E-state index in [4.69, 9.17) is 37.9 Å². The predicted octanol–water partition coefficient (Wildman–Crippen LogP) is -5.76. The molecule has 4 rings (SSSR count). The van der Waals surface area contributed by atoms with E-state index < -0.39 is 117 Å². The molecular formula is C23H40O17. The summed E-state index contributed by atoms with van der Waals surface area (Å²) < 4.78 is 43.7. The van der Waals surface area contributed by atoms with Crippen molar-refractivity contribution in [3.05, 3.63) is 0 Å². The lowest BCUT2D eigenvalue weighted by Gasteiger charge is -2.47. The van der Waals surface area contributed by atoms with Crippen molar-refractivity contribution in [2.75, 3.05) is 26.9 Å². The molecule has 4 aliphatic heterocycles. The highest BCUT2D eigenvalue weighted by molar-refractivity contribution is 4.96. The second kappa shape index (κ2) is 12.9. The lowest BCUT2D eigenvalue weighted by molar-refractivity contribution is -0.376. The summed E-state index contributed by atoms with van der Waals surface area (Å²) in [4.78, 5) is 0. The number of aliphatic hydroxyl groups is 9. The smallest absolute Gasteiger partial charge is 0.187 e. The third-order valence-electron chi connectivity index (χ3n) is 7.70. The van der Waals surface area contributed by atoms with Crippen LogP contribution in [0, 0.1) is 0 Å². The molecule has 4 saturated heterocycles. The summed E-state index contributed by atoms with van der Waals surface area (Å²) >= 11 is 0. The standard InChI is InChI=1S/C23H40O17/c1-7-10(25)12(27)17(21(33-3)36-7)40-20-15(30)13(28)16(8(2)37-20)39-19-14(29)11(26)9(4-34-19)38-22-18(31)23(32,5-24)6-35-22/h7-22,24-32H,4-6H2,1-3H3/t7-,8+,9-,10+,11+,12+,13+,14-,15-,16+,17-,18+,19+,20+,21-,22+,23-/m1/s1. The summed E-state index contributed by atoms with van der Waals surface area (Å²) in [5, 5.41) is 92.8. The average molecular weight is 589 g/mol. The van der Waals surface area contributed by atoms with Gasteiger partial charge in [-0.05, 0) is 13.8 Å². The van der Waals surface area contributed by atoms with Crippen LogP contribution in [0.3, 0.4) is 0 Å². The van der Waals surface area contributed by atoms with Gasteiger partial charge in [-0.1, -0.05) is 0 Å². The summed E-state index contributed by atoms with van der Waals surface area (Å²) in [6.45, 7) is 1.44. The molecular weight excluding hydrogens is 548 g/mol. The van der Waals surface area contributed by atoms with E-state index in [1.54, 1.807) is 0 Å². The largest absolute Gasteiger partial charge is 0.393 e. The van der Waals surface area contributed by atoms with Crippen molar-refractivity contribution in [2.45, 2.75) is 118 Å². The molecule has 4 fully saturated rings. The Morgan fingerprint density at radius 1 is 0.675 bits per heavy atom. The third-order valence-corrected chi connectivity index (χ3v) is 7.70. The highest BCUT2D eigenvalue weighted by Crippen LogP contribution is 2.33. The maximum atomic E-state index is 10.8. The van der Waals surface area contributed by atoms with E-state index in [-0.39, 0.29) is 6.61 Å². The van der Waals surface area contributed by atoms with E-state index >= 15 is 0 Å². The molecule has 9 N–H and O–H groups in total. The van der Waals surface area contributed by atoms with Crippen LogP contribution in [0.5, 0.6) is 0 Å². The fourth-order valence-electron chi connectivity index (χ4n) is 5.04. The van der Waals surface area contributed by atoms with Gasteiger partial charge in [0.05, 0.1) is 32.0 Å². The third kappa shape index (κ3) is 6.17. The summed E-state index contributed by atoms with van der Waals surface area (Å²) in [5.74, 6) is 0. The number of ether oxygens (including phenoxy) is 8. The molecule has 0 spiro atoms. The fourth-order valence-corrected chi connectivity index (χ4v) is 5.04. The quantitative estimate of drug-likeness (QED) is 0.128. The van der Waals surface area contributed by atoms with Crippen LogP contribution >= 0.6 is 0 Å². The highest BCUT2D eigenvalue weighted by Gasteiger charge is 2.53. The van der Waals surface area contributed by atoms with Crippen molar-refractivity contribution in [3.8, 4) is 0 Å². The Labute approximate surface area is 229 Å². The van der Waals surface area contributed by atoms with Crippen molar-refractivity contribution in [1.29, 1.82) is 0 Å². The van der Waals surface area contributed by atoms with Crippen molar-refractivity contribution in [2.24, 2.45) is 0 Å². The van der Waals surface area contributed by atoms with E-state index in [9.17, 15) is 46.0 Å². The normalized spacial score (nSPS) is 54.0. The van der Waals surface area contributed by atoms with Crippen LogP contribution in [0.2, 0.25) is 0 Å². The zero-order valence-corrected chi connectivity index (χ0v) is 22.1. The lowest BCUT2D eigenvalue weighted by atomic mass is 9.97. The minimum absolute atomic E-state index is 0.363. The van der Waals surface area contributed by atoms with Gasteiger partial charge in [0, 0.05) is 7.11 Å². The summed E-state index contributed by atoms with van der Waals surface area (Å²) in [7, 11) is 1.30. The second-order valence-corrected chi connectivity index (χ2v) is 10.6. The maximum absolute atomic E-state index is 10.8. The first kappa shape index (κ1) is 32.2. The van der Waals surface area contributed by atoms with E-state index in [2.05, 4.69) is 0 Å². The van der Waals surface area contributed by atoms with E-state index in [1.165, 1.54) is 21.0 Å². The van der Waals surface area contributed by atoms with Crippen molar-refractivity contribution < 1.29 is 83.9 Å². The SMILES string of the molecule is CO[C@@H]1O[C@H](C)[C@H](O)[C@H](O)[C@H]1O[C@@H]1O[C@@H](C)[C@H](O[C@@H]2OC[C@@H](O[C@@H]3OC[C@](O)(CO)[C@H]3O)[C@H](O)[C@H]2O)[C@@H](O)[C@H]1O. The molecule has 0 radical (unpaired) electrons. The molecule has 0 unspecified atom stereocenters. The summed E-state index contributed by atoms with van der Waals surface area (Å²) in [6, 6.07) is 0. The van der Waals surface area contributed by atoms with Crippen LogP contribution in [0.25, 0.3) is 0 Å². The molecule has 17 heteroatoms. The zero-order valence-electron chi connectivity index (χ0n) is 22.1. The van der Waals surface area contributed by atoms with Gasteiger partial charge in [-0.15, -0.1) is 0 Å². The zero-order chi connectivity index (χ0) is 29.5. The van der Waals surface area contributed by atoms with Crippen molar-refractivity contribution in [1.82, 2.24) is 0 Å². The number of aliphatic hydroxyl groups excluding tert-OH is 8. The van der Waals surface area contributed by atoms with Crippen LogP contribution in [-0.2, 0) is 37.9 Å². The monoisotopic (exact) mass is 588 g/mol. The maximum Gasteiger partial charge on any atom is 0.187 e. The van der Waals surface area contributed by atoms with E-state index in [0.717, 1.165) is 0 Å². The Kier molecular flexibility index (Phi) is 10.4. The molecule has 0 bridgehead atoms. The molecule has 4 heterocycles. The lowest BCUT2D eigenvalue weighted by Crippen LogP contribution is -2.64. The molecule has 0 aromatic heterocycles. The molecule has 0 aromatic carbocycles. The topological polar surface area (TPSA) is 256 Å². The molecule has 40 heavy (non-hydrogen) atoms. The summed E-state index contributed by atoms with van der Waals surface area (Å²) in [6.07, 6.45) is -22.2. The summed E-state index contributed by atoms with van der Waals surface area (Å²) in [5.41, 5.74) is -1.95. The average Bonchev–Trinajstić information content (AvgIpc) is 3.22. The molecule has 0 aromatic rings. The molecule has 234 valence electrons. The molecule has 0 amide bonds. The van der Waals surface area contributed by atoms with Crippen LogP contribution in [0.1, 0.15) is 13.8 Å². The second-order valence-electron chi connectivity index (χ2n) is 10.6. The first-order valence-electron chi connectivity index (χ1n) is 13.0. The molecule has 4 aliphatic rings. The van der Waals surface area contributed by atoms with Crippen LogP contribution < -0.4 is 0 Å². The Morgan fingerprint density at radius 2 is 1.27 bits per heavy atom. The van der Waals surface area contributed by atoms with Gasteiger partial charge in [-0.3, -0.25) is 0 Å². The van der Waals surface area contributed by atoms with Crippen LogP contribution in [0.4, 0.5) is 0 Å². The Bertz CT molecular complexity index is 820. The number of rotatable bonds is 8. The van der Waals surface area contributed by atoms with Gasteiger partial charge in [0.2, 0.25) is 0 Å². The van der Waals surface area contributed by atoms with Gasteiger partial charge in [0.15, 0.2) is 25.2 Å². The minimum Gasteiger partial charge on any atom is -0.393 e. The molecule has 0 aliphatic carbocycles. The minimum atomic E-state index is -1.95. The van der Waals surface area contributed by atoms with Gasteiger partial charge in [-0.25, -0.2) is 0 Å². The van der Waals surface area contributed by atoms with Gasteiger partial charge < -0.3 is 83.9 Å². The molecule has 0 saturated carbocycles. The van der Waals surface area contributed by atoms with Gasteiger partial charge >= 0.3 is 0 Å². The van der Waals surface area contributed by atoms with Crippen LogP contribution in [-0.4, -0.2) is 177 Å². The highest BCUT2D eigenvalue weighted by atomic mass is 16.8. The molecule has 17 atom stereocenters. The van der Waals surface area contributed by atoms with E-state index in [0.29, 0.717) is 0 Å². The Morgan fingerprint density at radius 3 is 1.90 bits per heavy atom. The number of hydrogen-bond acceptors (Lipinski definition) is 17. The first-order valence-corrected chi connectivity index (χ1v) is 13.0. The van der Waals surface area contributed by atoms with E-state index in [1.807, 2.05) is 0 Å². The predicted molar refractivity (Wildman–Crippen MR) is 124 cm³/mol. The Hall–Kier alpha value is -0.680. The number of methoxy groups -OCH3 is 1. The number of hydrogen-bond donors (Lipinski definition) is 9. The Balaban J connectivity index is 1.34. The van der Waals surface area contributed by atoms with Crippen LogP contribution in [0.15, 0.2) is 0 Å². The van der Waals surface area contributed by atoms with Crippen molar-refractivity contribution >= 4 is 0 Å². The first-order chi connectivity index (χ1) is 18.8. The molecule has 17 nitrogen and oxygen atoms in total.